The van der Waals surface area contributed by atoms with Gasteiger partial charge >= 0.3 is 5.69 Å². The van der Waals surface area contributed by atoms with Gasteiger partial charge in [0.25, 0.3) is 0 Å². The van der Waals surface area contributed by atoms with Crippen LogP contribution < -0.4 is 11.0 Å². The number of hydrogen-bond acceptors (Lipinski definition) is 5. The second-order valence-electron chi connectivity index (χ2n) is 5.14. The summed E-state index contributed by atoms with van der Waals surface area (Å²) >= 11 is 1.32. The van der Waals surface area contributed by atoms with Crippen LogP contribution in [-0.4, -0.2) is 35.9 Å². The second-order valence-corrected chi connectivity index (χ2v) is 6.45. The van der Waals surface area contributed by atoms with Gasteiger partial charge in [0.2, 0.25) is 5.91 Å². The first-order valence-electron chi connectivity index (χ1n) is 7.25. The van der Waals surface area contributed by atoms with E-state index >= 15 is 0 Å². The highest BCUT2D eigenvalue weighted by Gasteiger charge is 2.18. The van der Waals surface area contributed by atoms with Crippen LogP contribution in [0.25, 0.3) is 11.0 Å². The van der Waals surface area contributed by atoms with Gasteiger partial charge in [-0.15, -0.1) is 16.8 Å². The molecule has 1 unspecified atom stereocenters. The lowest BCUT2D eigenvalue weighted by atomic mass is 10.2. The fourth-order valence-electron chi connectivity index (χ4n) is 2.17. The molecule has 0 aliphatic rings. The number of fused-ring (bicyclic) bond motifs is 1. The summed E-state index contributed by atoms with van der Waals surface area (Å²) in [5.41, 5.74) is 1.67. The number of H-pyrrole nitrogens is 2. The zero-order valence-corrected chi connectivity index (χ0v) is 13.8. The molecule has 0 saturated carbocycles. The number of carbonyl (C=O) groups is 1. The third-order valence-electron chi connectivity index (χ3n) is 3.34. The van der Waals surface area contributed by atoms with Crippen molar-refractivity contribution >= 4 is 34.4 Å². The summed E-state index contributed by atoms with van der Waals surface area (Å²) in [6.07, 6.45) is 3.34. The third kappa shape index (κ3) is 3.40. The molecule has 2 aromatic heterocycles. The number of imidazole rings is 1. The zero-order chi connectivity index (χ0) is 17.1. The van der Waals surface area contributed by atoms with Crippen molar-refractivity contribution in [1.29, 1.82) is 0 Å². The van der Waals surface area contributed by atoms with E-state index in [2.05, 4.69) is 32.1 Å². The van der Waals surface area contributed by atoms with E-state index in [9.17, 15) is 9.59 Å². The number of benzene rings is 1. The van der Waals surface area contributed by atoms with Crippen LogP contribution in [0.3, 0.4) is 0 Å². The smallest absolute Gasteiger partial charge is 0.323 e. The molecular weight excluding hydrogens is 328 g/mol. The summed E-state index contributed by atoms with van der Waals surface area (Å²) in [7, 11) is 0. The van der Waals surface area contributed by atoms with E-state index < -0.39 is 0 Å². The number of anilines is 1. The minimum atomic E-state index is -0.362. The van der Waals surface area contributed by atoms with Gasteiger partial charge in [-0.2, -0.15) is 0 Å². The Hall–Kier alpha value is -2.81. The number of allylic oxidation sites excluding steroid dienone is 1. The van der Waals surface area contributed by atoms with Gasteiger partial charge in [0, 0.05) is 12.2 Å². The monoisotopic (exact) mass is 344 g/mol. The predicted molar refractivity (Wildman–Crippen MR) is 93.1 cm³/mol. The number of thioether (sulfide) groups is 1. The van der Waals surface area contributed by atoms with E-state index in [1.54, 1.807) is 37.5 Å². The molecule has 3 N–H and O–H groups in total. The average Bonchev–Trinajstić information content (AvgIpc) is 3.12. The van der Waals surface area contributed by atoms with Crippen LogP contribution in [0, 0.1) is 0 Å². The average molecular weight is 344 g/mol. The number of rotatable bonds is 6. The first-order chi connectivity index (χ1) is 11.6. The van der Waals surface area contributed by atoms with E-state index in [0.717, 1.165) is 0 Å². The molecule has 0 saturated heterocycles. The predicted octanol–water partition coefficient (Wildman–Crippen LogP) is 1.75. The van der Waals surface area contributed by atoms with Gasteiger partial charge in [-0.05, 0) is 25.1 Å². The molecule has 3 rings (SSSR count). The van der Waals surface area contributed by atoms with Crippen LogP contribution in [0.5, 0.6) is 0 Å². The summed E-state index contributed by atoms with van der Waals surface area (Å²) in [6.45, 7) is 6.06. The number of nitrogens with zero attached hydrogens (tertiary/aromatic N) is 3. The van der Waals surface area contributed by atoms with E-state index in [4.69, 9.17) is 0 Å². The lowest BCUT2D eigenvalue weighted by molar-refractivity contribution is -0.115. The van der Waals surface area contributed by atoms with Crippen molar-refractivity contribution in [1.82, 2.24) is 24.7 Å². The van der Waals surface area contributed by atoms with Gasteiger partial charge in [-0.25, -0.2) is 4.79 Å². The highest BCUT2D eigenvalue weighted by atomic mass is 32.2. The lowest BCUT2D eigenvalue weighted by Crippen LogP contribution is -2.22. The SMILES string of the molecule is C=CCn1cnnc1SC(C)C(=O)Nc1ccc2[nH]c(=O)[nH]c2c1. The quantitative estimate of drug-likeness (QED) is 0.466. The van der Waals surface area contributed by atoms with Gasteiger partial charge in [0.1, 0.15) is 6.33 Å². The Labute approximate surface area is 141 Å². The van der Waals surface area contributed by atoms with Crippen LogP contribution in [0.4, 0.5) is 5.69 Å². The Morgan fingerprint density at radius 1 is 1.46 bits per heavy atom. The van der Waals surface area contributed by atoms with Crippen molar-refractivity contribution in [2.75, 3.05) is 5.32 Å². The van der Waals surface area contributed by atoms with Crippen molar-refractivity contribution in [3.8, 4) is 0 Å². The summed E-state index contributed by atoms with van der Waals surface area (Å²) in [5, 5.41) is 11.0. The van der Waals surface area contributed by atoms with Crippen molar-refractivity contribution in [2.45, 2.75) is 23.9 Å². The largest absolute Gasteiger partial charge is 0.325 e. The Balaban J connectivity index is 1.69. The maximum atomic E-state index is 12.4. The van der Waals surface area contributed by atoms with Crippen molar-refractivity contribution < 1.29 is 4.79 Å². The van der Waals surface area contributed by atoms with Crippen molar-refractivity contribution in [3.63, 3.8) is 0 Å². The topological polar surface area (TPSA) is 108 Å². The van der Waals surface area contributed by atoms with E-state index in [1.807, 2.05) is 4.57 Å². The molecule has 0 aliphatic carbocycles. The number of aromatic nitrogens is 5. The molecule has 1 atom stereocenters. The van der Waals surface area contributed by atoms with Gasteiger partial charge in [-0.1, -0.05) is 17.8 Å². The Bertz CT molecular complexity index is 941. The number of carbonyl (C=O) groups excluding carboxylic acids is 1. The maximum absolute atomic E-state index is 12.4. The minimum absolute atomic E-state index is 0.162. The molecule has 8 nitrogen and oxygen atoms in total. The van der Waals surface area contributed by atoms with Gasteiger partial charge in [0.15, 0.2) is 5.16 Å². The molecular formula is C15H16N6O2S. The summed E-state index contributed by atoms with van der Waals surface area (Å²) in [4.78, 5) is 28.9. The van der Waals surface area contributed by atoms with Gasteiger partial charge in [-0.3, -0.25) is 4.79 Å². The molecule has 1 amide bonds. The van der Waals surface area contributed by atoms with Crippen LogP contribution >= 0.6 is 11.8 Å². The van der Waals surface area contributed by atoms with Crippen LogP contribution in [0.15, 0.2) is 47.1 Å². The lowest BCUT2D eigenvalue weighted by Gasteiger charge is -2.12. The highest BCUT2D eigenvalue weighted by Crippen LogP contribution is 2.23. The first kappa shape index (κ1) is 16.1. The van der Waals surface area contributed by atoms with Crippen LogP contribution in [0.2, 0.25) is 0 Å². The van der Waals surface area contributed by atoms with Crippen molar-refractivity contribution in [3.05, 3.63) is 47.7 Å². The molecule has 0 aliphatic heterocycles. The standard InChI is InChI=1S/C15H16N6O2S/c1-3-6-21-8-16-20-15(21)24-9(2)13(22)17-10-4-5-11-12(7-10)19-14(23)18-11/h3-5,7-9H,1,6H2,2H3,(H,17,22)(H2,18,19,23). The molecule has 1 aromatic carbocycles. The fourth-order valence-corrected chi connectivity index (χ4v) is 3.00. The number of aromatic amines is 2. The normalized spacial score (nSPS) is 12.2. The molecule has 3 aromatic rings. The maximum Gasteiger partial charge on any atom is 0.323 e. The van der Waals surface area contributed by atoms with E-state index in [-0.39, 0.29) is 16.8 Å². The van der Waals surface area contributed by atoms with Crippen LogP contribution in [-0.2, 0) is 11.3 Å². The zero-order valence-electron chi connectivity index (χ0n) is 12.9. The second kappa shape index (κ2) is 6.75. The minimum Gasteiger partial charge on any atom is -0.325 e. The van der Waals surface area contributed by atoms with E-state index in [0.29, 0.717) is 28.4 Å². The molecule has 124 valence electrons. The molecule has 0 fully saturated rings. The molecule has 0 bridgehead atoms. The Morgan fingerprint density at radius 2 is 2.25 bits per heavy atom. The van der Waals surface area contributed by atoms with Crippen LogP contribution in [0.1, 0.15) is 6.92 Å². The molecule has 0 radical (unpaired) electrons. The number of amides is 1. The number of nitrogens with one attached hydrogen (secondary N) is 3. The summed E-state index contributed by atoms with van der Waals surface area (Å²) in [6, 6.07) is 5.19. The molecule has 24 heavy (non-hydrogen) atoms. The van der Waals surface area contributed by atoms with Crippen molar-refractivity contribution in [2.24, 2.45) is 0 Å². The summed E-state index contributed by atoms with van der Waals surface area (Å²) < 4.78 is 1.82. The Kier molecular flexibility index (Phi) is 4.52. The number of hydrogen-bond donors (Lipinski definition) is 3. The molecule has 2 heterocycles. The third-order valence-corrected chi connectivity index (χ3v) is 4.44. The molecule has 0 spiro atoms. The summed E-state index contributed by atoms with van der Waals surface area (Å²) in [5.74, 6) is -0.162. The molecule has 9 heteroatoms. The van der Waals surface area contributed by atoms with Gasteiger partial charge < -0.3 is 19.9 Å². The Morgan fingerprint density at radius 3 is 3.04 bits per heavy atom. The highest BCUT2D eigenvalue weighted by molar-refractivity contribution is 8.00. The van der Waals surface area contributed by atoms with E-state index in [1.165, 1.54) is 11.8 Å². The first-order valence-corrected chi connectivity index (χ1v) is 8.13. The fraction of sp³-hybridized carbons (Fsp3) is 0.200. The van der Waals surface area contributed by atoms with Gasteiger partial charge in [0.05, 0.1) is 16.3 Å².